The van der Waals surface area contributed by atoms with Gasteiger partial charge in [0.2, 0.25) is 0 Å². The molecule has 0 unspecified atom stereocenters. The molecule has 3 aromatic carbocycles. The van der Waals surface area contributed by atoms with Crippen LogP contribution in [0.3, 0.4) is 0 Å². The van der Waals surface area contributed by atoms with Crippen molar-refractivity contribution in [2.24, 2.45) is 0 Å². The Morgan fingerprint density at radius 3 is 2.44 bits per heavy atom. The molecular weight excluding hydrogens is 544 g/mol. The number of hydrogen-bond donors (Lipinski definition) is 1. The van der Waals surface area contributed by atoms with E-state index in [2.05, 4.69) is 5.32 Å². The second-order valence-corrected chi connectivity index (χ2v) is 9.02. The molecule has 0 bridgehead atoms. The van der Waals surface area contributed by atoms with Gasteiger partial charge in [-0.15, -0.1) is 0 Å². The number of furan rings is 1. The zero-order valence-electron chi connectivity index (χ0n) is 22.0. The predicted molar refractivity (Wildman–Crippen MR) is 154 cm³/mol. The zero-order valence-corrected chi connectivity index (χ0v) is 22.8. The van der Waals surface area contributed by atoms with Crippen LogP contribution >= 0.6 is 11.6 Å². The first kappa shape index (κ1) is 28.7. The summed E-state index contributed by atoms with van der Waals surface area (Å²) in [6, 6.07) is 24.4. The monoisotopic (exact) mass is 568 g/mol. The number of hydrogen-bond acceptors (Lipinski definition) is 7. The molecule has 0 radical (unpaired) electrons. The van der Waals surface area contributed by atoms with Crippen LogP contribution in [0, 0.1) is 11.3 Å². The number of carbonyl (C=O) groups is 2. The number of ether oxygens (including phenoxy) is 3. The number of benzene rings is 3. The number of methoxy groups -OCH3 is 1. The lowest BCUT2D eigenvalue weighted by atomic mass is 10.1. The van der Waals surface area contributed by atoms with Crippen molar-refractivity contribution in [3.8, 4) is 23.3 Å². The third-order valence-corrected chi connectivity index (χ3v) is 5.94. The summed E-state index contributed by atoms with van der Waals surface area (Å²) in [4.78, 5) is 24.7. The Morgan fingerprint density at radius 1 is 1.00 bits per heavy atom. The highest BCUT2D eigenvalue weighted by atomic mass is 35.5. The fourth-order valence-electron chi connectivity index (χ4n) is 3.59. The van der Waals surface area contributed by atoms with Gasteiger partial charge in [0.15, 0.2) is 11.5 Å². The normalized spacial score (nSPS) is 11.1. The summed E-state index contributed by atoms with van der Waals surface area (Å²) in [7, 11) is 1.54. The van der Waals surface area contributed by atoms with E-state index in [9.17, 15) is 14.9 Å². The van der Waals surface area contributed by atoms with Crippen LogP contribution in [0.15, 0.2) is 101 Å². The molecule has 9 heteroatoms. The molecule has 1 aromatic heterocycles. The second-order valence-electron chi connectivity index (χ2n) is 8.58. The Kier molecular flexibility index (Phi) is 9.97. The second kappa shape index (κ2) is 14.2. The average molecular weight is 569 g/mol. The van der Waals surface area contributed by atoms with Crippen LogP contribution in [0.4, 0.5) is 0 Å². The lowest BCUT2D eigenvalue weighted by Crippen LogP contribution is -2.23. The lowest BCUT2D eigenvalue weighted by Gasteiger charge is -2.11. The number of nitrogens with one attached hydrogen (secondary N) is 1. The average Bonchev–Trinajstić information content (AvgIpc) is 3.52. The first-order chi connectivity index (χ1) is 19.9. The maximum absolute atomic E-state index is 12.4. The van der Waals surface area contributed by atoms with E-state index in [4.69, 9.17) is 30.2 Å². The quantitative estimate of drug-likeness (QED) is 0.0969. The third-order valence-electron chi connectivity index (χ3n) is 5.69. The van der Waals surface area contributed by atoms with Crippen molar-refractivity contribution in [1.29, 1.82) is 5.26 Å². The van der Waals surface area contributed by atoms with Crippen molar-refractivity contribution >= 4 is 35.6 Å². The highest BCUT2D eigenvalue weighted by Crippen LogP contribution is 2.29. The molecule has 0 aliphatic heterocycles. The molecule has 206 valence electrons. The van der Waals surface area contributed by atoms with Crippen LogP contribution < -0.4 is 19.5 Å². The van der Waals surface area contributed by atoms with Crippen LogP contribution in [-0.4, -0.2) is 19.0 Å². The van der Waals surface area contributed by atoms with Crippen LogP contribution in [0.1, 0.15) is 22.5 Å². The molecule has 8 nitrogen and oxygen atoms in total. The van der Waals surface area contributed by atoms with Crippen LogP contribution in [-0.2, 0) is 22.7 Å². The van der Waals surface area contributed by atoms with Crippen molar-refractivity contribution in [3.63, 3.8) is 0 Å². The van der Waals surface area contributed by atoms with Crippen molar-refractivity contribution < 1.29 is 28.2 Å². The summed E-state index contributed by atoms with van der Waals surface area (Å²) < 4.78 is 21.8. The molecule has 0 aliphatic rings. The van der Waals surface area contributed by atoms with Crippen molar-refractivity contribution in [3.05, 3.63) is 124 Å². The summed E-state index contributed by atoms with van der Waals surface area (Å²) in [5.41, 5.74) is 2.20. The molecule has 0 saturated carbocycles. The van der Waals surface area contributed by atoms with E-state index >= 15 is 0 Å². The Balaban J connectivity index is 1.31. The fourth-order valence-corrected chi connectivity index (χ4v) is 3.71. The standard InChI is InChI=1S/C32H25ClN2O6/c1-38-30-18-23(8-14-29(30)40-21-24-4-10-26(33)11-5-24)9-15-31(36)41-27-12-6-22(7-13-27)17-25(19-34)32(37)35-20-28-3-2-16-39-28/h2-18H,20-21H2,1H3,(H,35,37)/b15-9+,25-17+. The zero-order chi connectivity index (χ0) is 29.0. The van der Waals surface area contributed by atoms with Gasteiger partial charge in [-0.05, 0) is 77.4 Å². The summed E-state index contributed by atoms with van der Waals surface area (Å²) in [5.74, 6) is 0.857. The summed E-state index contributed by atoms with van der Waals surface area (Å²) in [5, 5.41) is 12.7. The maximum Gasteiger partial charge on any atom is 0.336 e. The number of halogens is 1. The topological polar surface area (TPSA) is 111 Å². The highest BCUT2D eigenvalue weighted by molar-refractivity contribution is 6.30. The molecule has 41 heavy (non-hydrogen) atoms. The van der Waals surface area contributed by atoms with E-state index in [0.717, 1.165) is 5.56 Å². The Hall–Kier alpha value is -5.26. The van der Waals surface area contributed by atoms with Gasteiger partial charge in [-0.2, -0.15) is 5.26 Å². The smallest absolute Gasteiger partial charge is 0.336 e. The van der Waals surface area contributed by atoms with E-state index in [1.165, 1.54) is 25.5 Å². The molecule has 0 spiro atoms. The first-order valence-electron chi connectivity index (χ1n) is 12.4. The van der Waals surface area contributed by atoms with E-state index < -0.39 is 11.9 Å². The molecule has 1 heterocycles. The van der Waals surface area contributed by atoms with Gasteiger partial charge in [0.25, 0.3) is 5.91 Å². The van der Waals surface area contributed by atoms with Crippen molar-refractivity contribution in [2.75, 3.05) is 7.11 Å². The van der Waals surface area contributed by atoms with E-state index in [0.29, 0.717) is 45.8 Å². The third kappa shape index (κ3) is 8.62. The predicted octanol–water partition coefficient (Wildman–Crippen LogP) is 6.36. The Morgan fingerprint density at radius 2 is 1.76 bits per heavy atom. The Bertz CT molecular complexity index is 1580. The minimum Gasteiger partial charge on any atom is -0.493 e. The molecule has 1 amide bonds. The van der Waals surface area contributed by atoms with Crippen LogP contribution in [0.2, 0.25) is 5.02 Å². The van der Waals surface area contributed by atoms with Gasteiger partial charge in [-0.3, -0.25) is 4.79 Å². The summed E-state index contributed by atoms with van der Waals surface area (Å²) in [6.45, 7) is 0.517. The van der Waals surface area contributed by atoms with Gasteiger partial charge < -0.3 is 23.9 Å². The van der Waals surface area contributed by atoms with Gasteiger partial charge in [-0.1, -0.05) is 41.9 Å². The maximum atomic E-state index is 12.4. The number of amides is 1. The van der Waals surface area contributed by atoms with E-state index in [1.807, 2.05) is 18.2 Å². The van der Waals surface area contributed by atoms with Crippen molar-refractivity contribution in [2.45, 2.75) is 13.2 Å². The van der Waals surface area contributed by atoms with Gasteiger partial charge in [-0.25, -0.2) is 4.79 Å². The molecule has 0 saturated heterocycles. The number of esters is 1. The Labute approximate surface area is 242 Å². The van der Waals surface area contributed by atoms with Gasteiger partial charge in [0.1, 0.15) is 29.8 Å². The van der Waals surface area contributed by atoms with E-state index in [-0.39, 0.29) is 12.1 Å². The fraction of sp³-hybridized carbons (Fsp3) is 0.0938. The highest BCUT2D eigenvalue weighted by Gasteiger charge is 2.10. The largest absolute Gasteiger partial charge is 0.493 e. The number of carbonyl (C=O) groups excluding carboxylic acids is 2. The van der Waals surface area contributed by atoms with Crippen molar-refractivity contribution in [1.82, 2.24) is 5.32 Å². The first-order valence-corrected chi connectivity index (χ1v) is 12.8. The summed E-state index contributed by atoms with van der Waals surface area (Å²) in [6.07, 6.45) is 5.85. The number of nitrogens with zero attached hydrogens (tertiary/aromatic N) is 1. The van der Waals surface area contributed by atoms with Gasteiger partial charge in [0, 0.05) is 11.1 Å². The van der Waals surface area contributed by atoms with Gasteiger partial charge >= 0.3 is 5.97 Å². The van der Waals surface area contributed by atoms with E-state index in [1.54, 1.807) is 72.8 Å². The molecular formula is C32H25ClN2O6. The SMILES string of the molecule is COc1cc(/C=C/C(=O)Oc2ccc(/C=C(\C#N)C(=O)NCc3ccco3)cc2)ccc1OCc1ccc(Cl)cc1. The van der Waals surface area contributed by atoms with Gasteiger partial charge in [0.05, 0.1) is 19.9 Å². The molecule has 0 aliphatic carbocycles. The molecule has 0 fully saturated rings. The minimum atomic E-state index is -0.578. The van der Waals surface area contributed by atoms with Crippen LogP contribution in [0.5, 0.6) is 17.2 Å². The molecule has 4 rings (SSSR count). The van der Waals surface area contributed by atoms with Crippen LogP contribution in [0.25, 0.3) is 12.2 Å². The minimum absolute atomic E-state index is 0.0685. The summed E-state index contributed by atoms with van der Waals surface area (Å²) >= 11 is 5.92. The molecule has 1 N–H and O–H groups in total. The lowest BCUT2D eigenvalue weighted by molar-refractivity contribution is -0.128. The molecule has 4 aromatic rings. The number of nitriles is 1. The molecule has 0 atom stereocenters. The number of rotatable bonds is 11.